The van der Waals surface area contributed by atoms with Crippen molar-refractivity contribution in [2.75, 3.05) is 18.5 Å². The molecule has 0 amide bonds. The summed E-state index contributed by atoms with van der Waals surface area (Å²) in [6, 6.07) is 3.13. The van der Waals surface area contributed by atoms with Gasteiger partial charge in [0.25, 0.3) is 0 Å². The van der Waals surface area contributed by atoms with E-state index in [1.165, 1.54) is 12.1 Å². The molecule has 0 spiro atoms. The number of anilines is 1. The summed E-state index contributed by atoms with van der Waals surface area (Å²) < 4.78 is 25.0. The summed E-state index contributed by atoms with van der Waals surface area (Å²) in [5, 5.41) is 11.1. The zero-order valence-electron chi connectivity index (χ0n) is 6.35. The van der Waals surface area contributed by atoms with E-state index in [4.69, 9.17) is 5.11 Å². The fourth-order valence-electron chi connectivity index (χ4n) is 0.856. The molecular weight excluding hydrogens is 164 g/mol. The van der Waals surface area contributed by atoms with Crippen molar-refractivity contribution in [1.29, 1.82) is 0 Å². The molecule has 0 aliphatic heterocycles. The average molecular weight is 173 g/mol. The molecule has 0 aliphatic rings. The lowest BCUT2D eigenvalue weighted by Crippen LogP contribution is -2.05. The van der Waals surface area contributed by atoms with Gasteiger partial charge in [-0.15, -0.1) is 0 Å². The van der Waals surface area contributed by atoms with Crippen LogP contribution in [0.1, 0.15) is 0 Å². The zero-order chi connectivity index (χ0) is 8.97. The minimum Gasteiger partial charge on any atom is -0.395 e. The van der Waals surface area contributed by atoms with Crippen molar-refractivity contribution in [2.45, 2.75) is 0 Å². The average Bonchev–Trinajstić information content (AvgIpc) is 1.99. The van der Waals surface area contributed by atoms with Gasteiger partial charge in [-0.25, -0.2) is 8.78 Å². The zero-order valence-corrected chi connectivity index (χ0v) is 6.35. The van der Waals surface area contributed by atoms with Crippen molar-refractivity contribution in [1.82, 2.24) is 0 Å². The molecule has 1 aromatic carbocycles. The number of aliphatic hydroxyl groups excluding tert-OH is 1. The first kappa shape index (κ1) is 8.93. The minimum atomic E-state index is -0.629. The number of benzene rings is 1. The van der Waals surface area contributed by atoms with Gasteiger partial charge in [0.05, 0.1) is 6.61 Å². The molecule has 0 saturated carbocycles. The molecule has 0 radical (unpaired) electrons. The van der Waals surface area contributed by atoms with Crippen LogP contribution in [0.3, 0.4) is 0 Å². The van der Waals surface area contributed by atoms with Crippen molar-refractivity contribution < 1.29 is 13.9 Å². The highest BCUT2D eigenvalue weighted by Gasteiger charge is 1.98. The Morgan fingerprint density at radius 3 is 2.25 bits per heavy atom. The molecule has 2 nitrogen and oxygen atoms in total. The molecule has 0 saturated heterocycles. The summed E-state index contributed by atoms with van der Waals surface area (Å²) in [6.45, 7) is 0.209. The number of aliphatic hydroxyl groups is 1. The third-order valence-corrected chi connectivity index (χ3v) is 1.30. The van der Waals surface area contributed by atoms with E-state index in [0.29, 0.717) is 5.69 Å². The summed E-state index contributed by atoms with van der Waals surface area (Å²) in [7, 11) is 0. The van der Waals surface area contributed by atoms with E-state index in [-0.39, 0.29) is 13.2 Å². The van der Waals surface area contributed by atoms with Crippen molar-refractivity contribution in [3.05, 3.63) is 29.8 Å². The minimum absolute atomic E-state index is 0.0713. The molecule has 0 fully saturated rings. The Morgan fingerprint density at radius 1 is 1.17 bits per heavy atom. The van der Waals surface area contributed by atoms with Gasteiger partial charge in [-0.2, -0.15) is 0 Å². The van der Waals surface area contributed by atoms with E-state index in [2.05, 4.69) is 5.32 Å². The highest BCUT2D eigenvalue weighted by atomic mass is 19.1. The Morgan fingerprint density at radius 2 is 1.75 bits per heavy atom. The monoisotopic (exact) mass is 173 g/mol. The van der Waals surface area contributed by atoms with Gasteiger partial charge in [0.15, 0.2) is 0 Å². The van der Waals surface area contributed by atoms with Gasteiger partial charge < -0.3 is 10.4 Å². The maximum atomic E-state index is 12.5. The Labute approximate surface area is 68.8 Å². The van der Waals surface area contributed by atoms with Gasteiger partial charge in [0, 0.05) is 18.3 Å². The second-order valence-electron chi connectivity index (χ2n) is 2.31. The van der Waals surface area contributed by atoms with Crippen LogP contribution in [-0.4, -0.2) is 18.3 Å². The normalized spacial score (nSPS) is 9.92. The van der Waals surface area contributed by atoms with Gasteiger partial charge in [0.2, 0.25) is 0 Å². The Balaban J connectivity index is 2.72. The highest BCUT2D eigenvalue weighted by Crippen LogP contribution is 2.11. The van der Waals surface area contributed by atoms with Crippen LogP contribution in [0.25, 0.3) is 0 Å². The predicted molar refractivity (Wildman–Crippen MR) is 41.9 cm³/mol. The molecule has 0 aromatic heterocycles. The maximum absolute atomic E-state index is 12.5. The quantitative estimate of drug-likeness (QED) is 0.723. The number of hydrogen-bond donors (Lipinski definition) is 2. The van der Waals surface area contributed by atoms with Crippen LogP contribution >= 0.6 is 0 Å². The van der Waals surface area contributed by atoms with E-state index in [1.807, 2.05) is 0 Å². The standard InChI is InChI=1S/C8H9F2NO/c9-6-3-7(10)5-8(4-6)11-1-2-12/h3-5,11-12H,1-2H2. The molecule has 0 atom stereocenters. The number of hydrogen-bond acceptors (Lipinski definition) is 2. The van der Waals surface area contributed by atoms with E-state index in [0.717, 1.165) is 6.07 Å². The number of nitrogens with one attached hydrogen (secondary N) is 1. The second-order valence-corrected chi connectivity index (χ2v) is 2.31. The summed E-state index contributed by atoms with van der Waals surface area (Å²) in [6.07, 6.45) is 0. The highest BCUT2D eigenvalue weighted by molar-refractivity contribution is 5.43. The Bertz CT molecular complexity index is 245. The molecule has 0 bridgehead atoms. The molecule has 1 rings (SSSR count). The fraction of sp³-hybridized carbons (Fsp3) is 0.250. The lowest BCUT2D eigenvalue weighted by atomic mass is 10.3. The van der Waals surface area contributed by atoms with Crippen molar-refractivity contribution >= 4 is 5.69 Å². The largest absolute Gasteiger partial charge is 0.395 e. The first-order valence-electron chi connectivity index (χ1n) is 3.53. The molecule has 12 heavy (non-hydrogen) atoms. The van der Waals surface area contributed by atoms with Crippen LogP contribution in [0.5, 0.6) is 0 Å². The number of rotatable bonds is 3. The lowest BCUT2D eigenvalue weighted by Gasteiger charge is -2.03. The molecule has 0 aliphatic carbocycles. The van der Waals surface area contributed by atoms with Gasteiger partial charge in [-0.1, -0.05) is 0 Å². The SMILES string of the molecule is OCCNc1cc(F)cc(F)c1. The van der Waals surface area contributed by atoms with Gasteiger partial charge in [-0.3, -0.25) is 0 Å². The van der Waals surface area contributed by atoms with Crippen molar-refractivity contribution in [3.8, 4) is 0 Å². The third-order valence-electron chi connectivity index (χ3n) is 1.30. The molecule has 66 valence electrons. The van der Waals surface area contributed by atoms with Crippen molar-refractivity contribution in [3.63, 3.8) is 0 Å². The molecular formula is C8H9F2NO. The van der Waals surface area contributed by atoms with E-state index < -0.39 is 11.6 Å². The van der Waals surface area contributed by atoms with Crippen molar-refractivity contribution in [2.24, 2.45) is 0 Å². The van der Waals surface area contributed by atoms with Gasteiger partial charge in [-0.05, 0) is 12.1 Å². The molecule has 0 unspecified atom stereocenters. The van der Waals surface area contributed by atoms with Gasteiger partial charge in [0.1, 0.15) is 11.6 Å². The third kappa shape index (κ3) is 2.47. The smallest absolute Gasteiger partial charge is 0.128 e. The van der Waals surface area contributed by atoms with Crippen LogP contribution in [0.4, 0.5) is 14.5 Å². The molecule has 2 N–H and O–H groups in total. The molecule has 4 heteroatoms. The predicted octanol–water partition coefficient (Wildman–Crippen LogP) is 1.37. The Kier molecular flexibility index (Phi) is 2.99. The maximum Gasteiger partial charge on any atom is 0.128 e. The van der Waals surface area contributed by atoms with Crippen LogP contribution in [-0.2, 0) is 0 Å². The van der Waals surface area contributed by atoms with Crippen LogP contribution in [0.15, 0.2) is 18.2 Å². The summed E-state index contributed by atoms with van der Waals surface area (Å²) in [5.74, 6) is -1.26. The second kappa shape index (κ2) is 4.01. The lowest BCUT2D eigenvalue weighted by molar-refractivity contribution is 0.311. The Hall–Kier alpha value is -1.16. The first-order chi connectivity index (χ1) is 5.72. The number of halogens is 2. The summed E-state index contributed by atoms with van der Waals surface area (Å²) >= 11 is 0. The summed E-state index contributed by atoms with van der Waals surface area (Å²) in [4.78, 5) is 0. The topological polar surface area (TPSA) is 32.3 Å². The molecule has 1 aromatic rings. The molecule has 0 heterocycles. The van der Waals surface area contributed by atoms with Crippen LogP contribution < -0.4 is 5.32 Å². The fourth-order valence-corrected chi connectivity index (χ4v) is 0.856. The van der Waals surface area contributed by atoms with Gasteiger partial charge >= 0.3 is 0 Å². The van der Waals surface area contributed by atoms with E-state index >= 15 is 0 Å². The van der Waals surface area contributed by atoms with Crippen LogP contribution in [0, 0.1) is 11.6 Å². The summed E-state index contributed by atoms with van der Waals surface area (Å²) in [5.41, 5.74) is 0.335. The van der Waals surface area contributed by atoms with Crippen LogP contribution in [0.2, 0.25) is 0 Å². The van der Waals surface area contributed by atoms with E-state index in [1.54, 1.807) is 0 Å². The van der Waals surface area contributed by atoms with E-state index in [9.17, 15) is 8.78 Å². The first-order valence-corrected chi connectivity index (χ1v) is 3.53.